The molecule has 0 aliphatic carbocycles. The predicted molar refractivity (Wildman–Crippen MR) is 131 cm³/mol. The predicted octanol–water partition coefficient (Wildman–Crippen LogP) is 4.38. The molecule has 0 N–H and O–H groups in total. The molecule has 2 fully saturated rings. The smallest absolute Gasteiger partial charge is 0.104 e. The molecule has 0 saturated carbocycles. The number of nitrogens with zero attached hydrogens (tertiary/aromatic N) is 2. The number of thioether (sulfide) groups is 1. The highest BCUT2D eigenvalue weighted by Crippen LogP contribution is 2.46. The van der Waals surface area contributed by atoms with Gasteiger partial charge in [0.05, 0.1) is 50.4 Å². The van der Waals surface area contributed by atoms with Crippen LogP contribution in [0.25, 0.3) is 17.0 Å². The van der Waals surface area contributed by atoms with Crippen molar-refractivity contribution in [1.82, 2.24) is 4.57 Å². The largest absolute Gasteiger partial charge is 0.377 e. The first-order valence-electron chi connectivity index (χ1n) is 11.6. The molecule has 2 saturated heterocycles. The Morgan fingerprint density at radius 1 is 0.909 bits per heavy atom. The zero-order valence-corrected chi connectivity index (χ0v) is 19.3. The van der Waals surface area contributed by atoms with Gasteiger partial charge in [0.1, 0.15) is 12.2 Å². The summed E-state index contributed by atoms with van der Waals surface area (Å²) in [4.78, 5) is 3.65. The van der Waals surface area contributed by atoms with E-state index < -0.39 is 0 Å². The zero-order valence-electron chi connectivity index (χ0n) is 18.5. The molecule has 6 rings (SSSR count). The molecule has 2 aromatic carbocycles. The van der Waals surface area contributed by atoms with Gasteiger partial charge in [0.2, 0.25) is 0 Å². The Hall–Kier alpha value is -2.29. The molecule has 2 atom stereocenters. The van der Waals surface area contributed by atoms with Crippen molar-refractivity contribution < 1.29 is 18.9 Å². The van der Waals surface area contributed by atoms with E-state index in [9.17, 15) is 0 Å². The summed E-state index contributed by atoms with van der Waals surface area (Å²) in [5.41, 5.74) is 3.67. The van der Waals surface area contributed by atoms with Crippen LogP contribution in [0.5, 0.6) is 0 Å². The third kappa shape index (κ3) is 4.98. The molecule has 0 amide bonds. The molecule has 33 heavy (non-hydrogen) atoms. The van der Waals surface area contributed by atoms with Crippen molar-refractivity contribution in [1.29, 1.82) is 0 Å². The van der Waals surface area contributed by atoms with Crippen LogP contribution < -0.4 is 4.90 Å². The SMILES string of the molecule is C(=C1Sc2ccccc2N1CCOCC1CO1)c1cc2ccccc2n1CCOCC1CO1. The molecular weight excluding hydrogens is 436 g/mol. The van der Waals surface area contributed by atoms with Gasteiger partial charge in [0.25, 0.3) is 0 Å². The summed E-state index contributed by atoms with van der Waals surface area (Å²) < 4.78 is 24.6. The number of hydrogen-bond acceptors (Lipinski definition) is 6. The van der Waals surface area contributed by atoms with Crippen molar-refractivity contribution in [3.05, 3.63) is 65.3 Å². The summed E-state index contributed by atoms with van der Waals surface area (Å²) in [6.07, 6.45) is 2.90. The quantitative estimate of drug-likeness (QED) is 0.310. The Morgan fingerprint density at radius 3 is 2.39 bits per heavy atom. The van der Waals surface area contributed by atoms with Gasteiger partial charge in [0, 0.05) is 34.6 Å². The lowest BCUT2D eigenvalue weighted by atomic mass is 10.2. The van der Waals surface area contributed by atoms with E-state index in [0.717, 1.165) is 26.3 Å². The van der Waals surface area contributed by atoms with E-state index in [1.807, 2.05) is 11.8 Å². The highest BCUT2D eigenvalue weighted by atomic mass is 32.2. The minimum Gasteiger partial charge on any atom is -0.377 e. The van der Waals surface area contributed by atoms with E-state index in [0.29, 0.717) is 38.6 Å². The normalized spacial score (nSPS) is 22.3. The lowest BCUT2D eigenvalue weighted by Gasteiger charge is -2.21. The Kier molecular flexibility index (Phi) is 6.13. The molecule has 7 heteroatoms. The fourth-order valence-electron chi connectivity index (χ4n) is 4.19. The second-order valence-corrected chi connectivity index (χ2v) is 9.61. The topological polar surface area (TPSA) is 51.7 Å². The Labute approximate surface area is 198 Å². The van der Waals surface area contributed by atoms with Gasteiger partial charge in [-0.3, -0.25) is 0 Å². The monoisotopic (exact) mass is 464 g/mol. The van der Waals surface area contributed by atoms with Crippen LogP contribution in [0.2, 0.25) is 0 Å². The van der Waals surface area contributed by atoms with E-state index >= 15 is 0 Å². The van der Waals surface area contributed by atoms with Crippen LogP contribution in [0.3, 0.4) is 0 Å². The second kappa shape index (κ2) is 9.52. The third-order valence-electron chi connectivity index (χ3n) is 6.08. The third-order valence-corrected chi connectivity index (χ3v) is 7.19. The van der Waals surface area contributed by atoms with Crippen molar-refractivity contribution in [2.24, 2.45) is 0 Å². The van der Waals surface area contributed by atoms with Gasteiger partial charge in [-0.25, -0.2) is 0 Å². The fraction of sp³-hybridized carbons (Fsp3) is 0.385. The van der Waals surface area contributed by atoms with Crippen molar-refractivity contribution in [3.8, 4) is 0 Å². The van der Waals surface area contributed by atoms with Crippen LogP contribution in [-0.2, 0) is 25.5 Å². The van der Waals surface area contributed by atoms with Gasteiger partial charge < -0.3 is 28.4 Å². The summed E-state index contributed by atoms with van der Waals surface area (Å²) in [6.45, 7) is 5.98. The maximum Gasteiger partial charge on any atom is 0.104 e. The second-order valence-electron chi connectivity index (χ2n) is 8.54. The molecule has 3 aromatic rings. The van der Waals surface area contributed by atoms with Gasteiger partial charge in [-0.1, -0.05) is 42.1 Å². The van der Waals surface area contributed by atoms with Crippen molar-refractivity contribution >= 4 is 34.4 Å². The average Bonchev–Trinajstić information content (AvgIpc) is 3.76. The molecule has 0 spiro atoms. The first kappa shape index (κ1) is 21.3. The van der Waals surface area contributed by atoms with E-state index in [-0.39, 0.29) is 0 Å². The van der Waals surface area contributed by atoms with Crippen LogP contribution >= 0.6 is 11.8 Å². The van der Waals surface area contributed by atoms with E-state index in [2.05, 4.69) is 70.1 Å². The molecule has 3 aliphatic rings. The number of rotatable bonds is 11. The molecule has 6 nitrogen and oxygen atoms in total. The maximum atomic E-state index is 5.86. The number of para-hydroxylation sites is 2. The minimum atomic E-state index is 0.295. The Morgan fingerprint density at radius 2 is 1.61 bits per heavy atom. The van der Waals surface area contributed by atoms with Crippen LogP contribution in [0.1, 0.15) is 5.69 Å². The van der Waals surface area contributed by atoms with Gasteiger partial charge >= 0.3 is 0 Å². The number of fused-ring (bicyclic) bond motifs is 2. The summed E-state index contributed by atoms with van der Waals surface area (Å²) in [5.74, 6) is 0. The van der Waals surface area contributed by atoms with Gasteiger partial charge in [-0.05, 0) is 30.3 Å². The number of epoxide rings is 2. The minimum absolute atomic E-state index is 0.295. The van der Waals surface area contributed by atoms with Crippen LogP contribution in [-0.4, -0.2) is 63.0 Å². The van der Waals surface area contributed by atoms with Crippen molar-refractivity contribution in [2.45, 2.75) is 23.6 Å². The summed E-state index contributed by atoms with van der Waals surface area (Å²) in [7, 11) is 0. The fourth-order valence-corrected chi connectivity index (χ4v) is 5.32. The lowest BCUT2D eigenvalue weighted by Crippen LogP contribution is -2.23. The summed E-state index contributed by atoms with van der Waals surface area (Å²) in [6, 6.07) is 19.4. The van der Waals surface area contributed by atoms with Crippen LogP contribution in [0, 0.1) is 0 Å². The number of anilines is 1. The zero-order chi connectivity index (χ0) is 22.0. The summed E-state index contributed by atoms with van der Waals surface area (Å²) >= 11 is 1.82. The molecule has 172 valence electrons. The van der Waals surface area contributed by atoms with Crippen molar-refractivity contribution in [2.75, 3.05) is 51.1 Å². The number of aromatic nitrogens is 1. The van der Waals surface area contributed by atoms with Crippen molar-refractivity contribution in [3.63, 3.8) is 0 Å². The highest BCUT2D eigenvalue weighted by molar-refractivity contribution is 8.03. The van der Waals surface area contributed by atoms with Crippen LogP contribution in [0.4, 0.5) is 5.69 Å². The number of ether oxygens (including phenoxy) is 4. The maximum absolute atomic E-state index is 5.86. The first-order chi connectivity index (χ1) is 16.3. The molecule has 3 aliphatic heterocycles. The molecule has 4 heterocycles. The van der Waals surface area contributed by atoms with Gasteiger partial charge in [-0.2, -0.15) is 0 Å². The number of benzene rings is 2. The molecule has 2 unspecified atom stereocenters. The molecular formula is C26H28N2O4S. The van der Waals surface area contributed by atoms with Gasteiger partial charge in [-0.15, -0.1) is 0 Å². The number of hydrogen-bond donors (Lipinski definition) is 0. The lowest BCUT2D eigenvalue weighted by molar-refractivity contribution is 0.110. The Balaban J connectivity index is 1.25. The van der Waals surface area contributed by atoms with E-state index in [1.165, 1.54) is 32.2 Å². The Bertz CT molecular complexity index is 1150. The highest BCUT2D eigenvalue weighted by Gasteiger charge is 2.26. The summed E-state index contributed by atoms with van der Waals surface area (Å²) in [5, 5.41) is 2.47. The van der Waals surface area contributed by atoms with E-state index in [4.69, 9.17) is 18.9 Å². The standard InChI is InChI=1S/C26H28N2O4S/c1-2-6-23-19(5-1)13-20(27(23)9-11-29-15-21-17-31-21)14-26-28(10-12-30-16-22-18-32-22)24-7-3-4-8-25(24)33-26/h1-8,13-14,21-22H,9-12,15-18H2. The molecule has 1 aromatic heterocycles. The van der Waals surface area contributed by atoms with E-state index in [1.54, 1.807) is 0 Å². The van der Waals surface area contributed by atoms with Gasteiger partial charge in [0.15, 0.2) is 0 Å². The molecule has 0 radical (unpaired) electrons. The first-order valence-corrected chi connectivity index (χ1v) is 12.4. The average molecular weight is 465 g/mol. The van der Waals surface area contributed by atoms with Crippen LogP contribution in [0.15, 0.2) is 64.5 Å². The molecule has 0 bridgehead atoms.